The molecule has 10 heteroatoms. The number of nitrogens with one attached hydrogen (secondary N) is 1. The molecule has 10 nitrogen and oxygen atoms in total. The van der Waals surface area contributed by atoms with E-state index in [0.717, 1.165) is 34.0 Å². The van der Waals surface area contributed by atoms with Gasteiger partial charge in [-0.15, -0.1) is 0 Å². The number of hydrogen-bond donors (Lipinski definition) is 3. The van der Waals surface area contributed by atoms with Gasteiger partial charge in [-0.3, -0.25) is 9.59 Å². The first-order chi connectivity index (χ1) is 20.4. The minimum atomic E-state index is -0.993. The van der Waals surface area contributed by atoms with Crippen LogP contribution in [-0.2, 0) is 16.6 Å². The molecule has 5 rings (SSSR count). The summed E-state index contributed by atoms with van der Waals surface area (Å²) in [4.78, 5) is 34.8. The van der Waals surface area contributed by atoms with E-state index in [1.54, 1.807) is 4.90 Å². The van der Waals surface area contributed by atoms with Gasteiger partial charge in [0.05, 0.1) is 12.0 Å². The maximum atomic E-state index is 12.8. The summed E-state index contributed by atoms with van der Waals surface area (Å²) in [6, 6.07) is 16.3. The second-order valence-electron chi connectivity index (χ2n) is 10.00. The number of piperidine rings is 1. The molecule has 0 aliphatic carbocycles. The van der Waals surface area contributed by atoms with Gasteiger partial charge >= 0.3 is 0 Å². The first-order valence-electron chi connectivity index (χ1n) is 13.7. The maximum Gasteiger partial charge on any atom is 0.247 e. The van der Waals surface area contributed by atoms with E-state index in [-0.39, 0.29) is 11.8 Å². The number of aliphatic hydroxyl groups excluding tert-OH is 1. The summed E-state index contributed by atoms with van der Waals surface area (Å²) in [7, 11) is 1.91. The Morgan fingerprint density at radius 2 is 1.83 bits per heavy atom. The third-order valence-corrected chi connectivity index (χ3v) is 7.30. The number of aliphatic hydroxyl groups is 1. The Balaban J connectivity index is 1.38. The van der Waals surface area contributed by atoms with Crippen molar-refractivity contribution < 1.29 is 19.4 Å². The van der Waals surface area contributed by atoms with Crippen molar-refractivity contribution in [2.24, 2.45) is 13.0 Å². The fourth-order valence-electron chi connectivity index (χ4n) is 5.07. The van der Waals surface area contributed by atoms with Crippen molar-refractivity contribution in [3.8, 4) is 34.5 Å². The summed E-state index contributed by atoms with van der Waals surface area (Å²) in [5, 5.41) is 12.8. The number of para-hydroxylation sites is 1. The Bertz CT molecular complexity index is 1660. The van der Waals surface area contributed by atoms with Crippen LogP contribution in [0.15, 0.2) is 73.6 Å². The molecule has 42 heavy (non-hydrogen) atoms. The highest BCUT2D eigenvalue weighted by Gasteiger charge is 2.28. The number of carbonyl (C=O) groups excluding carboxylic acids is 2. The highest BCUT2D eigenvalue weighted by Crippen LogP contribution is 2.37. The quantitative estimate of drug-likeness (QED) is 0.232. The van der Waals surface area contributed by atoms with E-state index in [1.807, 2.05) is 66.2 Å². The smallest absolute Gasteiger partial charge is 0.247 e. The normalized spacial score (nSPS) is 14.1. The first-order valence-corrected chi connectivity index (χ1v) is 13.7. The van der Waals surface area contributed by atoms with E-state index in [4.69, 9.17) is 10.5 Å². The molecule has 0 spiro atoms. The van der Waals surface area contributed by atoms with Crippen molar-refractivity contribution in [1.82, 2.24) is 24.8 Å². The molecule has 2 aromatic carbocycles. The van der Waals surface area contributed by atoms with E-state index in [0.29, 0.717) is 43.1 Å². The van der Waals surface area contributed by atoms with Gasteiger partial charge in [0.25, 0.3) is 0 Å². The average molecular weight is 565 g/mol. The Labute approximate surface area is 243 Å². The van der Waals surface area contributed by atoms with Gasteiger partial charge in [0, 0.05) is 31.6 Å². The van der Waals surface area contributed by atoms with Crippen LogP contribution >= 0.6 is 0 Å². The number of rotatable bonds is 7. The van der Waals surface area contributed by atoms with E-state index in [1.165, 1.54) is 6.33 Å². The van der Waals surface area contributed by atoms with E-state index < -0.39 is 18.6 Å². The van der Waals surface area contributed by atoms with E-state index >= 15 is 0 Å². The number of hydrogen-bond acceptors (Lipinski definition) is 7. The van der Waals surface area contributed by atoms with Crippen molar-refractivity contribution in [1.29, 1.82) is 0 Å². The average Bonchev–Trinajstić information content (AvgIpc) is 3.31. The van der Waals surface area contributed by atoms with Gasteiger partial charge < -0.3 is 30.4 Å². The number of aryl methyl sites for hydroxylation is 1. The highest BCUT2D eigenvalue weighted by atomic mass is 16.5. The number of nitrogens with zero attached hydrogens (tertiary/aromatic N) is 4. The Morgan fingerprint density at radius 1 is 1.14 bits per heavy atom. The topological polar surface area (TPSA) is 136 Å². The molecule has 4 N–H and O–H groups in total. The summed E-state index contributed by atoms with van der Waals surface area (Å²) < 4.78 is 7.89. The molecule has 0 saturated carbocycles. The standard InChI is InChI=1S/C32H32N6O4/c1-3-27(40)36-25(19-39)32(41)38-17-15-21(16-18-38)9-14-26-28(29-30(33)34-20-35-31(29)37(26)2)22-10-12-24(13-11-22)42-23-7-5-4-6-8-23/h3-8,10-13,20-21,25,39H,1,15-19H2,2H3,(H,36,40)(H2,33,34,35)/t25-/m0/s1. The molecule has 1 aliphatic heterocycles. The lowest BCUT2D eigenvalue weighted by Crippen LogP contribution is -2.52. The monoisotopic (exact) mass is 564 g/mol. The van der Waals surface area contributed by atoms with Gasteiger partial charge in [0.15, 0.2) is 0 Å². The van der Waals surface area contributed by atoms with Gasteiger partial charge in [-0.25, -0.2) is 9.97 Å². The zero-order chi connectivity index (χ0) is 29.6. The summed E-state index contributed by atoms with van der Waals surface area (Å²) in [5.41, 5.74) is 9.54. The van der Waals surface area contributed by atoms with Gasteiger partial charge in [-0.2, -0.15) is 0 Å². The SMILES string of the molecule is C=CC(=O)N[C@@H](CO)C(=O)N1CCC(C#Cc2c(-c3ccc(Oc4ccccc4)cc3)c3c(N)ncnc3n2C)CC1. The second kappa shape index (κ2) is 12.6. The van der Waals surface area contributed by atoms with Gasteiger partial charge in [0.1, 0.15) is 41.0 Å². The van der Waals surface area contributed by atoms with Crippen LogP contribution in [0.5, 0.6) is 11.5 Å². The third kappa shape index (κ3) is 5.96. The molecule has 0 radical (unpaired) electrons. The lowest BCUT2D eigenvalue weighted by Gasteiger charge is -2.32. The molecule has 2 aromatic heterocycles. The first kappa shape index (κ1) is 28.4. The second-order valence-corrected chi connectivity index (χ2v) is 10.00. The van der Waals surface area contributed by atoms with Crippen molar-refractivity contribution in [2.45, 2.75) is 18.9 Å². The Morgan fingerprint density at radius 3 is 2.50 bits per heavy atom. The predicted molar refractivity (Wildman–Crippen MR) is 160 cm³/mol. The Kier molecular flexibility index (Phi) is 8.50. The van der Waals surface area contributed by atoms with Crippen LogP contribution in [0.2, 0.25) is 0 Å². The van der Waals surface area contributed by atoms with Gasteiger partial charge in [-0.1, -0.05) is 42.8 Å². The zero-order valence-electron chi connectivity index (χ0n) is 23.3. The van der Waals surface area contributed by atoms with Crippen molar-refractivity contribution in [2.75, 3.05) is 25.4 Å². The minimum absolute atomic E-state index is 0.0559. The minimum Gasteiger partial charge on any atom is -0.457 e. The van der Waals surface area contributed by atoms with Crippen LogP contribution in [0.3, 0.4) is 0 Å². The third-order valence-electron chi connectivity index (χ3n) is 7.30. The van der Waals surface area contributed by atoms with Crippen LogP contribution in [0.1, 0.15) is 18.5 Å². The molecule has 1 atom stereocenters. The van der Waals surface area contributed by atoms with Crippen LogP contribution in [0, 0.1) is 17.8 Å². The predicted octanol–water partition coefficient (Wildman–Crippen LogP) is 3.26. The number of likely N-dealkylation sites (tertiary alicyclic amines) is 1. The van der Waals surface area contributed by atoms with Gasteiger partial charge in [0.2, 0.25) is 11.8 Å². The van der Waals surface area contributed by atoms with Crippen molar-refractivity contribution >= 4 is 28.7 Å². The molecule has 1 fully saturated rings. The summed E-state index contributed by atoms with van der Waals surface area (Å²) in [5.74, 6) is 7.85. The van der Waals surface area contributed by atoms with Crippen LogP contribution < -0.4 is 15.8 Å². The molecule has 1 saturated heterocycles. The molecule has 0 bridgehead atoms. The number of nitrogen functional groups attached to an aromatic ring is 1. The molecule has 4 aromatic rings. The number of carbonyl (C=O) groups is 2. The van der Waals surface area contributed by atoms with E-state index in [2.05, 4.69) is 33.7 Å². The molecule has 3 heterocycles. The number of nitrogens with two attached hydrogens (primary N) is 1. The Hall–Kier alpha value is -5.14. The van der Waals surface area contributed by atoms with Gasteiger partial charge in [-0.05, 0) is 54.7 Å². The maximum absolute atomic E-state index is 12.8. The lowest BCUT2D eigenvalue weighted by molar-refractivity contribution is -0.137. The van der Waals surface area contributed by atoms with Crippen molar-refractivity contribution in [3.63, 3.8) is 0 Å². The summed E-state index contributed by atoms with van der Waals surface area (Å²) in [6.07, 6.45) is 3.85. The number of anilines is 1. The van der Waals surface area contributed by atoms with E-state index in [9.17, 15) is 14.7 Å². The number of amides is 2. The van der Waals surface area contributed by atoms with Crippen molar-refractivity contribution in [3.05, 3.63) is 79.3 Å². The molecule has 1 aliphatic rings. The lowest BCUT2D eigenvalue weighted by atomic mass is 9.96. The van der Waals surface area contributed by atoms with Crippen LogP contribution in [-0.4, -0.2) is 62.1 Å². The summed E-state index contributed by atoms with van der Waals surface area (Å²) >= 11 is 0. The number of ether oxygens (including phenoxy) is 1. The number of fused-ring (bicyclic) bond motifs is 1. The van der Waals surface area contributed by atoms with Crippen LogP contribution in [0.4, 0.5) is 5.82 Å². The molecular formula is C32H32N6O4. The number of aromatic nitrogens is 3. The number of benzene rings is 2. The fourth-order valence-corrected chi connectivity index (χ4v) is 5.07. The highest BCUT2D eigenvalue weighted by molar-refractivity contribution is 6.03. The molecule has 0 unspecified atom stereocenters. The molecular weight excluding hydrogens is 532 g/mol. The summed E-state index contributed by atoms with van der Waals surface area (Å²) in [6.45, 7) is 3.86. The van der Waals surface area contributed by atoms with Crippen LogP contribution in [0.25, 0.3) is 22.2 Å². The fraction of sp³-hybridized carbons (Fsp3) is 0.250. The largest absolute Gasteiger partial charge is 0.457 e. The molecule has 214 valence electrons. The zero-order valence-corrected chi connectivity index (χ0v) is 23.3. The molecule has 2 amide bonds.